The Morgan fingerprint density at radius 3 is 2.53 bits per heavy atom. The molecule has 4 heteroatoms. The highest BCUT2D eigenvalue weighted by molar-refractivity contribution is 7.99. The molecule has 1 heterocycles. The number of hydrogen-bond acceptors (Lipinski definition) is 3. The van der Waals surface area contributed by atoms with Gasteiger partial charge in [-0.15, -0.1) is 0 Å². The maximum atomic E-state index is 4.17. The quantitative estimate of drug-likeness (QED) is 0.877. The highest BCUT2D eigenvalue weighted by atomic mass is 32.2. The second-order valence-corrected chi connectivity index (χ2v) is 6.27. The SMILES string of the molecule is CC(C)CNCc1ccc(Sc2cnn(C)c2)cc1. The molecule has 102 valence electrons. The van der Waals surface area contributed by atoms with Crippen molar-refractivity contribution in [1.29, 1.82) is 0 Å². The Morgan fingerprint density at radius 2 is 1.95 bits per heavy atom. The number of benzene rings is 1. The van der Waals surface area contributed by atoms with Gasteiger partial charge in [0.25, 0.3) is 0 Å². The van der Waals surface area contributed by atoms with Crippen LogP contribution in [0.4, 0.5) is 0 Å². The molecule has 0 bridgehead atoms. The van der Waals surface area contributed by atoms with E-state index in [1.54, 1.807) is 11.8 Å². The molecule has 2 aromatic rings. The third kappa shape index (κ3) is 4.73. The molecule has 1 aromatic heterocycles. The summed E-state index contributed by atoms with van der Waals surface area (Å²) in [6, 6.07) is 8.71. The minimum atomic E-state index is 0.695. The second kappa shape index (κ2) is 6.78. The van der Waals surface area contributed by atoms with E-state index in [1.165, 1.54) is 15.4 Å². The number of nitrogens with one attached hydrogen (secondary N) is 1. The molecule has 0 fully saturated rings. The predicted octanol–water partition coefficient (Wildman–Crippen LogP) is 3.32. The first-order valence-electron chi connectivity index (χ1n) is 6.59. The molecule has 0 saturated heterocycles. The molecule has 3 nitrogen and oxygen atoms in total. The summed E-state index contributed by atoms with van der Waals surface area (Å²) in [7, 11) is 1.94. The Labute approximate surface area is 119 Å². The molecular weight excluding hydrogens is 254 g/mol. The van der Waals surface area contributed by atoms with Crippen LogP contribution in [0.25, 0.3) is 0 Å². The van der Waals surface area contributed by atoms with Crippen LogP contribution in [0, 0.1) is 5.92 Å². The van der Waals surface area contributed by atoms with Crippen molar-refractivity contribution in [3.8, 4) is 0 Å². The molecule has 2 rings (SSSR count). The third-order valence-corrected chi connectivity index (χ3v) is 3.68. The van der Waals surface area contributed by atoms with Gasteiger partial charge in [0.15, 0.2) is 0 Å². The molecule has 1 aromatic carbocycles. The highest BCUT2D eigenvalue weighted by Crippen LogP contribution is 2.26. The number of rotatable bonds is 6. The fourth-order valence-corrected chi connectivity index (χ4v) is 2.62. The van der Waals surface area contributed by atoms with Crippen molar-refractivity contribution < 1.29 is 0 Å². The summed E-state index contributed by atoms with van der Waals surface area (Å²) in [5.74, 6) is 0.695. The van der Waals surface area contributed by atoms with E-state index in [1.807, 2.05) is 24.1 Å². The van der Waals surface area contributed by atoms with Crippen LogP contribution in [0.5, 0.6) is 0 Å². The second-order valence-electron chi connectivity index (χ2n) is 5.12. The van der Waals surface area contributed by atoms with Crippen molar-refractivity contribution in [3.63, 3.8) is 0 Å². The van der Waals surface area contributed by atoms with E-state index in [0.717, 1.165) is 13.1 Å². The van der Waals surface area contributed by atoms with Crippen LogP contribution >= 0.6 is 11.8 Å². The molecule has 0 aliphatic rings. The van der Waals surface area contributed by atoms with Gasteiger partial charge in [-0.3, -0.25) is 4.68 Å². The summed E-state index contributed by atoms with van der Waals surface area (Å²) < 4.78 is 1.83. The minimum absolute atomic E-state index is 0.695. The van der Waals surface area contributed by atoms with Crippen LogP contribution in [0.15, 0.2) is 46.5 Å². The maximum Gasteiger partial charge on any atom is 0.0629 e. The molecule has 0 atom stereocenters. The van der Waals surface area contributed by atoms with Gasteiger partial charge >= 0.3 is 0 Å². The van der Waals surface area contributed by atoms with E-state index in [-0.39, 0.29) is 0 Å². The first-order valence-corrected chi connectivity index (χ1v) is 7.41. The van der Waals surface area contributed by atoms with Gasteiger partial charge in [-0.2, -0.15) is 5.10 Å². The van der Waals surface area contributed by atoms with Crippen molar-refractivity contribution in [2.45, 2.75) is 30.2 Å². The van der Waals surface area contributed by atoms with E-state index < -0.39 is 0 Å². The fraction of sp³-hybridized carbons (Fsp3) is 0.400. The fourth-order valence-electron chi connectivity index (χ4n) is 1.77. The average Bonchev–Trinajstić information content (AvgIpc) is 2.77. The summed E-state index contributed by atoms with van der Waals surface area (Å²) in [5.41, 5.74) is 1.33. The lowest BCUT2D eigenvalue weighted by Crippen LogP contribution is -2.18. The number of hydrogen-bond donors (Lipinski definition) is 1. The van der Waals surface area contributed by atoms with Crippen molar-refractivity contribution >= 4 is 11.8 Å². The van der Waals surface area contributed by atoms with Gasteiger partial charge in [0, 0.05) is 24.7 Å². The summed E-state index contributed by atoms with van der Waals surface area (Å²) >= 11 is 1.74. The third-order valence-electron chi connectivity index (χ3n) is 2.72. The highest BCUT2D eigenvalue weighted by Gasteiger charge is 2.00. The smallest absolute Gasteiger partial charge is 0.0629 e. The molecule has 0 radical (unpaired) electrons. The Balaban J connectivity index is 1.87. The molecule has 0 saturated carbocycles. The first kappa shape index (κ1) is 14.2. The van der Waals surface area contributed by atoms with Gasteiger partial charge in [-0.1, -0.05) is 37.7 Å². The van der Waals surface area contributed by atoms with E-state index in [2.05, 4.69) is 48.5 Å². The Bertz CT molecular complexity index is 502. The van der Waals surface area contributed by atoms with Gasteiger partial charge in [0.1, 0.15) is 0 Å². The van der Waals surface area contributed by atoms with E-state index in [0.29, 0.717) is 5.92 Å². The van der Waals surface area contributed by atoms with E-state index in [9.17, 15) is 0 Å². The largest absolute Gasteiger partial charge is 0.312 e. The Hall–Kier alpha value is -1.26. The lowest BCUT2D eigenvalue weighted by atomic mass is 10.2. The van der Waals surface area contributed by atoms with Gasteiger partial charge in [-0.05, 0) is 30.2 Å². The zero-order valence-corrected chi connectivity index (χ0v) is 12.6. The van der Waals surface area contributed by atoms with Crippen LogP contribution in [-0.2, 0) is 13.6 Å². The molecule has 0 spiro atoms. The average molecular weight is 275 g/mol. The predicted molar refractivity (Wildman–Crippen MR) is 80.3 cm³/mol. The Kier molecular flexibility index (Phi) is 5.05. The van der Waals surface area contributed by atoms with Gasteiger partial charge in [-0.25, -0.2) is 0 Å². The molecular formula is C15H21N3S. The zero-order valence-electron chi connectivity index (χ0n) is 11.8. The summed E-state index contributed by atoms with van der Waals surface area (Å²) in [6.07, 6.45) is 3.92. The van der Waals surface area contributed by atoms with Crippen LogP contribution in [0.1, 0.15) is 19.4 Å². The molecule has 0 aliphatic carbocycles. The van der Waals surface area contributed by atoms with Crippen molar-refractivity contribution in [2.75, 3.05) is 6.54 Å². The van der Waals surface area contributed by atoms with Crippen LogP contribution in [0.3, 0.4) is 0 Å². The number of aryl methyl sites for hydroxylation is 1. The topological polar surface area (TPSA) is 29.9 Å². The van der Waals surface area contributed by atoms with Crippen LogP contribution in [-0.4, -0.2) is 16.3 Å². The summed E-state index contributed by atoms with van der Waals surface area (Å²) in [6.45, 7) is 6.45. The van der Waals surface area contributed by atoms with Crippen LogP contribution in [0.2, 0.25) is 0 Å². The Morgan fingerprint density at radius 1 is 1.21 bits per heavy atom. The van der Waals surface area contributed by atoms with Gasteiger partial charge < -0.3 is 5.32 Å². The first-order chi connectivity index (χ1) is 9.13. The maximum absolute atomic E-state index is 4.17. The molecule has 1 N–H and O–H groups in total. The normalized spacial score (nSPS) is 11.2. The monoisotopic (exact) mass is 275 g/mol. The minimum Gasteiger partial charge on any atom is -0.312 e. The molecule has 19 heavy (non-hydrogen) atoms. The van der Waals surface area contributed by atoms with E-state index in [4.69, 9.17) is 0 Å². The lowest BCUT2D eigenvalue weighted by Gasteiger charge is -2.07. The summed E-state index contributed by atoms with van der Waals surface area (Å²) in [4.78, 5) is 2.42. The zero-order chi connectivity index (χ0) is 13.7. The van der Waals surface area contributed by atoms with E-state index >= 15 is 0 Å². The van der Waals surface area contributed by atoms with Gasteiger partial charge in [0.05, 0.1) is 11.1 Å². The standard InChI is InChI=1S/C15H21N3S/c1-12(2)8-16-9-13-4-6-14(7-5-13)19-15-10-17-18(3)11-15/h4-7,10-12,16H,8-9H2,1-3H3. The number of aromatic nitrogens is 2. The van der Waals surface area contributed by atoms with Crippen molar-refractivity contribution in [1.82, 2.24) is 15.1 Å². The van der Waals surface area contributed by atoms with Crippen molar-refractivity contribution in [2.24, 2.45) is 13.0 Å². The van der Waals surface area contributed by atoms with Crippen LogP contribution < -0.4 is 5.32 Å². The molecule has 0 aliphatic heterocycles. The molecule has 0 amide bonds. The molecule has 0 unspecified atom stereocenters. The van der Waals surface area contributed by atoms with Gasteiger partial charge in [0.2, 0.25) is 0 Å². The number of nitrogens with zero attached hydrogens (tertiary/aromatic N) is 2. The summed E-state index contributed by atoms with van der Waals surface area (Å²) in [5, 5.41) is 7.63. The van der Waals surface area contributed by atoms with Crippen molar-refractivity contribution in [3.05, 3.63) is 42.2 Å². The lowest BCUT2D eigenvalue weighted by molar-refractivity contribution is 0.552.